The van der Waals surface area contributed by atoms with Gasteiger partial charge >= 0.3 is 17.9 Å². The third kappa shape index (κ3) is 6.08. The minimum absolute atomic E-state index is 0.00625. The molecule has 36 heavy (non-hydrogen) atoms. The van der Waals surface area contributed by atoms with Crippen molar-refractivity contribution in [1.82, 2.24) is 0 Å². The molecule has 0 saturated carbocycles. The van der Waals surface area contributed by atoms with E-state index >= 15 is 0 Å². The van der Waals surface area contributed by atoms with Crippen LogP contribution >= 0.6 is 0 Å². The molecular weight excluding hydrogens is 476 g/mol. The zero-order valence-corrected chi connectivity index (χ0v) is 18.1. The summed E-state index contributed by atoms with van der Waals surface area (Å²) in [4.78, 5) is 69.8. The maximum atomic E-state index is 12.7. The van der Waals surface area contributed by atoms with Gasteiger partial charge in [0, 0.05) is 28.6 Å². The molecule has 12 heteroatoms. The van der Waals surface area contributed by atoms with Crippen LogP contribution in [0.25, 0.3) is 0 Å². The number of hydrogen-bond donors (Lipinski definition) is 5. The summed E-state index contributed by atoms with van der Waals surface area (Å²) in [6.07, 6.45) is 0. The number of carbonyl (C=O) groups is 6. The Kier molecular flexibility index (Phi) is 7.40. The summed E-state index contributed by atoms with van der Waals surface area (Å²) in [5.74, 6) is -5.68. The van der Waals surface area contributed by atoms with Crippen molar-refractivity contribution in [3.63, 3.8) is 0 Å². The van der Waals surface area contributed by atoms with Crippen LogP contribution in [0, 0.1) is 0 Å². The molecule has 3 aromatic carbocycles. The minimum Gasteiger partial charge on any atom is -0.478 e. The molecule has 3 rings (SSSR count). The highest BCUT2D eigenvalue weighted by Crippen LogP contribution is 2.22. The molecule has 0 radical (unpaired) electrons. The van der Waals surface area contributed by atoms with Gasteiger partial charge < -0.3 is 30.7 Å². The molecule has 182 valence electrons. The van der Waals surface area contributed by atoms with Gasteiger partial charge in [0.25, 0.3) is 18.3 Å². The van der Waals surface area contributed by atoms with E-state index in [1.807, 2.05) is 0 Å². The standard InChI is InChI=1S/C24H16N2O10/c27-11-36-19-9-16(24(34)35)8-18(10-19)26-21(29)13-3-1-2-12(4-13)20(28)25-17-6-14(22(30)31)5-15(7-17)23(32)33/h1-11H,(H,25,28)(H,26,29)(H,30,31)(H,32,33)(H,34,35). The predicted octanol–water partition coefficient (Wildman–Crippen LogP) is 2.82. The number of carbonyl (C=O) groups excluding carboxylic acids is 3. The molecule has 0 aromatic heterocycles. The Hall–Kier alpha value is -5.52. The minimum atomic E-state index is -1.39. The number of carboxylic acids is 3. The number of rotatable bonds is 9. The van der Waals surface area contributed by atoms with Gasteiger partial charge in [-0.05, 0) is 48.5 Å². The molecule has 2 amide bonds. The number of aromatic carboxylic acids is 3. The summed E-state index contributed by atoms with van der Waals surface area (Å²) in [6, 6.07) is 11.9. The number of amides is 2. The molecule has 0 aliphatic carbocycles. The Morgan fingerprint density at radius 1 is 0.611 bits per heavy atom. The average molecular weight is 492 g/mol. The molecule has 0 aliphatic heterocycles. The number of hydrogen-bond acceptors (Lipinski definition) is 7. The van der Waals surface area contributed by atoms with Crippen molar-refractivity contribution >= 4 is 47.6 Å². The largest absolute Gasteiger partial charge is 0.478 e. The Morgan fingerprint density at radius 3 is 1.47 bits per heavy atom. The lowest BCUT2D eigenvalue weighted by Gasteiger charge is -2.10. The summed E-state index contributed by atoms with van der Waals surface area (Å²) in [5.41, 5.74) is -1.02. The lowest BCUT2D eigenvalue weighted by atomic mass is 10.1. The predicted molar refractivity (Wildman–Crippen MR) is 123 cm³/mol. The van der Waals surface area contributed by atoms with Gasteiger partial charge in [-0.3, -0.25) is 14.4 Å². The van der Waals surface area contributed by atoms with E-state index in [9.17, 15) is 44.1 Å². The van der Waals surface area contributed by atoms with E-state index in [1.165, 1.54) is 30.3 Å². The van der Waals surface area contributed by atoms with E-state index in [4.69, 9.17) is 0 Å². The van der Waals surface area contributed by atoms with Gasteiger partial charge in [0.05, 0.1) is 16.7 Å². The van der Waals surface area contributed by atoms with Gasteiger partial charge in [-0.15, -0.1) is 0 Å². The summed E-state index contributed by atoms with van der Waals surface area (Å²) in [6.45, 7) is 0.0974. The van der Waals surface area contributed by atoms with Gasteiger partial charge in [-0.25, -0.2) is 14.4 Å². The molecule has 0 fully saturated rings. The van der Waals surface area contributed by atoms with Crippen LogP contribution in [-0.2, 0) is 4.79 Å². The van der Waals surface area contributed by atoms with Crippen molar-refractivity contribution in [1.29, 1.82) is 0 Å². The maximum absolute atomic E-state index is 12.7. The molecule has 0 heterocycles. The van der Waals surface area contributed by atoms with Gasteiger partial charge in [0.15, 0.2) is 0 Å². The smallest absolute Gasteiger partial charge is 0.335 e. The lowest BCUT2D eigenvalue weighted by molar-refractivity contribution is -0.120. The van der Waals surface area contributed by atoms with E-state index in [2.05, 4.69) is 15.4 Å². The van der Waals surface area contributed by atoms with Crippen molar-refractivity contribution in [2.45, 2.75) is 0 Å². The summed E-state index contributed by atoms with van der Waals surface area (Å²) in [7, 11) is 0. The van der Waals surface area contributed by atoms with E-state index in [0.717, 1.165) is 30.3 Å². The van der Waals surface area contributed by atoms with Crippen LogP contribution in [0.1, 0.15) is 51.8 Å². The van der Waals surface area contributed by atoms with Crippen LogP contribution in [0.5, 0.6) is 5.75 Å². The van der Waals surface area contributed by atoms with Crippen LogP contribution in [-0.4, -0.2) is 51.5 Å². The third-order valence-electron chi connectivity index (χ3n) is 4.67. The highest BCUT2D eigenvalue weighted by Gasteiger charge is 2.16. The number of carboxylic acid groups (broad SMARTS) is 3. The van der Waals surface area contributed by atoms with Crippen LogP contribution in [0.3, 0.4) is 0 Å². The van der Waals surface area contributed by atoms with E-state index in [-0.39, 0.29) is 51.4 Å². The Morgan fingerprint density at radius 2 is 1.03 bits per heavy atom. The second-order valence-electron chi connectivity index (χ2n) is 7.16. The molecule has 0 spiro atoms. The highest BCUT2D eigenvalue weighted by molar-refractivity contribution is 6.09. The fourth-order valence-corrected chi connectivity index (χ4v) is 3.07. The zero-order chi connectivity index (χ0) is 26.4. The highest BCUT2D eigenvalue weighted by atomic mass is 16.5. The third-order valence-corrected chi connectivity index (χ3v) is 4.67. The SMILES string of the molecule is O=COc1cc(NC(=O)c2cccc(C(=O)Nc3cc(C(=O)O)cc(C(=O)O)c3)c2)cc(C(=O)O)c1. The number of nitrogens with one attached hydrogen (secondary N) is 2. The molecule has 0 unspecified atom stereocenters. The number of anilines is 2. The fraction of sp³-hybridized carbons (Fsp3) is 0. The average Bonchev–Trinajstić information content (AvgIpc) is 2.83. The van der Waals surface area contributed by atoms with Crippen molar-refractivity contribution in [2.75, 3.05) is 10.6 Å². The first-order chi connectivity index (χ1) is 17.1. The Bertz CT molecular complexity index is 1380. The maximum Gasteiger partial charge on any atom is 0.335 e. The number of ether oxygens (including phenoxy) is 1. The first-order valence-electron chi connectivity index (χ1n) is 9.90. The quantitative estimate of drug-likeness (QED) is 0.277. The second kappa shape index (κ2) is 10.6. The van der Waals surface area contributed by atoms with Crippen LogP contribution in [0.4, 0.5) is 11.4 Å². The summed E-state index contributed by atoms with van der Waals surface area (Å²) in [5, 5.41) is 32.4. The molecule has 5 N–H and O–H groups in total. The first-order valence-corrected chi connectivity index (χ1v) is 9.90. The van der Waals surface area contributed by atoms with E-state index < -0.39 is 29.7 Å². The van der Waals surface area contributed by atoms with Gasteiger partial charge in [-0.1, -0.05) is 6.07 Å². The lowest BCUT2D eigenvalue weighted by Crippen LogP contribution is -2.16. The first kappa shape index (κ1) is 25.1. The second-order valence-corrected chi connectivity index (χ2v) is 7.16. The molecule has 0 atom stereocenters. The molecular formula is C24H16N2O10. The molecule has 12 nitrogen and oxygen atoms in total. The normalized spacial score (nSPS) is 10.1. The monoisotopic (exact) mass is 492 g/mol. The fourth-order valence-electron chi connectivity index (χ4n) is 3.07. The topological polar surface area (TPSA) is 196 Å². The summed E-state index contributed by atoms with van der Waals surface area (Å²) < 4.78 is 4.66. The van der Waals surface area contributed by atoms with Crippen molar-refractivity contribution in [2.24, 2.45) is 0 Å². The summed E-state index contributed by atoms with van der Waals surface area (Å²) >= 11 is 0. The van der Waals surface area contributed by atoms with Crippen molar-refractivity contribution in [3.05, 3.63) is 88.5 Å². The Balaban J connectivity index is 1.83. The van der Waals surface area contributed by atoms with Crippen molar-refractivity contribution < 1.29 is 48.8 Å². The number of benzene rings is 3. The van der Waals surface area contributed by atoms with Crippen LogP contribution in [0.15, 0.2) is 60.7 Å². The van der Waals surface area contributed by atoms with Gasteiger partial charge in [-0.2, -0.15) is 0 Å². The molecule has 0 bridgehead atoms. The van der Waals surface area contributed by atoms with Gasteiger partial charge in [0.1, 0.15) is 5.75 Å². The van der Waals surface area contributed by atoms with E-state index in [1.54, 1.807) is 0 Å². The van der Waals surface area contributed by atoms with Crippen molar-refractivity contribution in [3.8, 4) is 5.75 Å². The van der Waals surface area contributed by atoms with Crippen LogP contribution in [0.2, 0.25) is 0 Å². The van der Waals surface area contributed by atoms with Gasteiger partial charge in [0.2, 0.25) is 0 Å². The zero-order valence-electron chi connectivity index (χ0n) is 18.1. The molecule has 0 saturated heterocycles. The molecule has 3 aromatic rings. The van der Waals surface area contributed by atoms with E-state index in [0.29, 0.717) is 0 Å². The van der Waals surface area contributed by atoms with Crippen LogP contribution < -0.4 is 15.4 Å². The Labute approximate surface area is 201 Å². The molecule has 0 aliphatic rings.